The molecule has 0 unspecified atom stereocenters. The molecular formula is C19H18ClF3N2O3. The number of halogens is 4. The summed E-state index contributed by atoms with van der Waals surface area (Å²) >= 11 is 5.91. The van der Waals surface area contributed by atoms with E-state index in [9.17, 15) is 23.1 Å². The van der Waals surface area contributed by atoms with Crippen molar-refractivity contribution >= 4 is 17.5 Å². The molecule has 0 bridgehead atoms. The van der Waals surface area contributed by atoms with Gasteiger partial charge in [0, 0.05) is 19.3 Å². The lowest BCUT2D eigenvalue weighted by Gasteiger charge is -2.32. The number of nitrogens with zero attached hydrogens (tertiary/aromatic N) is 2. The highest BCUT2D eigenvalue weighted by atomic mass is 35.5. The summed E-state index contributed by atoms with van der Waals surface area (Å²) in [7, 11) is 0. The molecule has 0 spiro atoms. The van der Waals surface area contributed by atoms with Crippen molar-refractivity contribution in [3.8, 4) is 11.6 Å². The van der Waals surface area contributed by atoms with Gasteiger partial charge in [0.2, 0.25) is 5.88 Å². The van der Waals surface area contributed by atoms with Gasteiger partial charge in [-0.1, -0.05) is 23.7 Å². The third kappa shape index (κ3) is 5.07. The molecule has 1 aromatic carbocycles. The van der Waals surface area contributed by atoms with Crippen molar-refractivity contribution in [2.45, 2.75) is 24.9 Å². The largest absolute Gasteiger partial charge is 0.508 e. The number of ether oxygens (including phenoxy) is 1. The number of phenols is 1. The Hall–Kier alpha value is -2.48. The monoisotopic (exact) mass is 414 g/mol. The molecule has 2 aromatic rings. The fourth-order valence-corrected chi connectivity index (χ4v) is 3.36. The molecule has 1 saturated heterocycles. The first-order chi connectivity index (χ1) is 13.2. The van der Waals surface area contributed by atoms with Crippen LogP contribution >= 0.6 is 11.6 Å². The van der Waals surface area contributed by atoms with E-state index in [0.29, 0.717) is 19.0 Å². The molecule has 1 amide bonds. The van der Waals surface area contributed by atoms with E-state index in [0.717, 1.165) is 18.4 Å². The third-order valence-corrected chi connectivity index (χ3v) is 4.84. The van der Waals surface area contributed by atoms with Gasteiger partial charge in [-0.2, -0.15) is 13.2 Å². The zero-order valence-electron chi connectivity index (χ0n) is 14.7. The molecule has 1 N–H and O–H groups in total. The van der Waals surface area contributed by atoms with Gasteiger partial charge in [0.05, 0.1) is 5.56 Å². The molecule has 5 nitrogen and oxygen atoms in total. The molecule has 2 heterocycles. The van der Waals surface area contributed by atoms with Crippen LogP contribution in [0.3, 0.4) is 0 Å². The number of carbonyl (C=O) groups is 1. The summed E-state index contributed by atoms with van der Waals surface area (Å²) in [5.74, 6) is -0.129. The van der Waals surface area contributed by atoms with Crippen LogP contribution in [0.1, 0.15) is 34.7 Å². The molecule has 0 atom stereocenters. The zero-order chi connectivity index (χ0) is 20.3. The van der Waals surface area contributed by atoms with E-state index in [1.54, 1.807) is 17.0 Å². The lowest BCUT2D eigenvalue weighted by Crippen LogP contribution is -2.38. The average Bonchev–Trinajstić information content (AvgIpc) is 2.66. The van der Waals surface area contributed by atoms with Gasteiger partial charge in [0.25, 0.3) is 5.91 Å². The minimum atomic E-state index is -4.50. The molecule has 9 heteroatoms. The van der Waals surface area contributed by atoms with Crippen molar-refractivity contribution in [3.05, 3.63) is 52.7 Å². The molecule has 1 aliphatic rings. The van der Waals surface area contributed by atoms with Gasteiger partial charge in [-0.3, -0.25) is 4.79 Å². The molecule has 0 radical (unpaired) electrons. The number of aromatic nitrogens is 1. The van der Waals surface area contributed by atoms with Crippen LogP contribution in [-0.4, -0.2) is 46.8 Å². The topological polar surface area (TPSA) is 62.7 Å². The lowest BCUT2D eigenvalue weighted by atomic mass is 9.89. The van der Waals surface area contributed by atoms with E-state index >= 15 is 0 Å². The molecule has 0 aliphatic carbocycles. The summed E-state index contributed by atoms with van der Waals surface area (Å²) in [5.41, 5.74) is 1.31. The molecule has 1 fully saturated rings. The fourth-order valence-electron chi connectivity index (χ4n) is 3.14. The number of carbonyl (C=O) groups excluding carboxylic acids is 1. The normalized spacial score (nSPS) is 15.5. The number of piperidine rings is 1. The van der Waals surface area contributed by atoms with Crippen molar-refractivity contribution in [2.24, 2.45) is 0 Å². The highest BCUT2D eigenvalue weighted by Crippen LogP contribution is 2.30. The van der Waals surface area contributed by atoms with Crippen LogP contribution in [0, 0.1) is 0 Å². The number of benzene rings is 1. The van der Waals surface area contributed by atoms with Crippen LogP contribution in [0.4, 0.5) is 13.2 Å². The summed E-state index contributed by atoms with van der Waals surface area (Å²) < 4.78 is 41.2. The predicted molar refractivity (Wildman–Crippen MR) is 96.8 cm³/mol. The minimum Gasteiger partial charge on any atom is -0.508 e. The summed E-state index contributed by atoms with van der Waals surface area (Å²) in [5, 5.41) is 9.23. The van der Waals surface area contributed by atoms with Crippen molar-refractivity contribution in [1.82, 2.24) is 9.88 Å². The Balaban J connectivity index is 1.60. The Morgan fingerprint density at radius 2 is 1.89 bits per heavy atom. The van der Waals surface area contributed by atoms with E-state index in [-0.39, 0.29) is 28.1 Å². The Labute approximate surface area is 164 Å². The van der Waals surface area contributed by atoms with Gasteiger partial charge in [0.15, 0.2) is 6.61 Å². The number of aromatic hydroxyl groups is 1. The molecular weight excluding hydrogens is 397 g/mol. The summed E-state index contributed by atoms with van der Waals surface area (Å²) in [6.07, 6.45) is -1.79. The number of phenolic OH excluding ortho intramolecular Hbond substituents is 1. The molecule has 1 aliphatic heterocycles. The van der Waals surface area contributed by atoms with Crippen molar-refractivity contribution in [3.63, 3.8) is 0 Å². The van der Waals surface area contributed by atoms with Crippen molar-refractivity contribution in [1.29, 1.82) is 0 Å². The molecule has 3 rings (SSSR count). The van der Waals surface area contributed by atoms with Crippen LogP contribution in [0.15, 0.2) is 36.5 Å². The second-order valence-electron chi connectivity index (χ2n) is 6.57. The maximum absolute atomic E-state index is 12.6. The summed E-state index contributed by atoms with van der Waals surface area (Å²) in [4.78, 5) is 18.1. The molecule has 1 aromatic heterocycles. The number of alkyl halides is 3. The predicted octanol–water partition coefficient (Wildman–Crippen LogP) is 4.40. The van der Waals surface area contributed by atoms with Crippen molar-refractivity contribution < 1.29 is 27.8 Å². The first kappa shape index (κ1) is 20.3. The molecule has 28 heavy (non-hydrogen) atoms. The van der Waals surface area contributed by atoms with Gasteiger partial charge >= 0.3 is 6.18 Å². The van der Waals surface area contributed by atoms with E-state index in [1.807, 2.05) is 12.1 Å². The number of pyridine rings is 1. The van der Waals surface area contributed by atoms with E-state index in [4.69, 9.17) is 11.6 Å². The number of hydrogen-bond acceptors (Lipinski definition) is 4. The average molecular weight is 415 g/mol. The first-order valence-electron chi connectivity index (χ1n) is 8.66. The van der Waals surface area contributed by atoms with Crippen LogP contribution < -0.4 is 4.74 Å². The highest BCUT2D eigenvalue weighted by molar-refractivity contribution is 6.32. The second-order valence-corrected chi connectivity index (χ2v) is 6.98. The lowest BCUT2D eigenvalue weighted by molar-refractivity contribution is -0.154. The standard InChI is InChI=1S/C19H18ClF3N2O3/c20-16-9-14(10-24-17(16)28-11-19(21,22)23)18(27)25-7-5-13(6-8-25)12-1-3-15(26)4-2-12/h1-4,9-10,13,26H,5-8,11H2. The third-order valence-electron chi connectivity index (χ3n) is 4.57. The van der Waals surface area contributed by atoms with Gasteiger partial charge in [-0.25, -0.2) is 4.98 Å². The van der Waals surface area contributed by atoms with Crippen LogP contribution in [0.5, 0.6) is 11.6 Å². The molecule has 0 saturated carbocycles. The number of rotatable bonds is 4. The van der Waals surface area contributed by atoms with Gasteiger partial charge < -0.3 is 14.7 Å². The second kappa shape index (κ2) is 8.26. The van der Waals surface area contributed by atoms with Crippen LogP contribution in [-0.2, 0) is 0 Å². The number of likely N-dealkylation sites (tertiary alicyclic amines) is 1. The Kier molecular flexibility index (Phi) is 5.98. The smallest absolute Gasteiger partial charge is 0.422 e. The van der Waals surface area contributed by atoms with Crippen LogP contribution in [0.2, 0.25) is 5.02 Å². The number of hydrogen-bond donors (Lipinski definition) is 1. The quantitative estimate of drug-likeness (QED) is 0.805. The Bertz CT molecular complexity index is 835. The SMILES string of the molecule is O=C(c1cnc(OCC(F)(F)F)c(Cl)c1)N1CCC(c2ccc(O)cc2)CC1. The Morgan fingerprint density at radius 3 is 2.46 bits per heavy atom. The van der Waals surface area contributed by atoms with Gasteiger partial charge in [-0.05, 0) is 42.5 Å². The fraction of sp³-hybridized carbons (Fsp3) is 0.368. The first-order valence-corrected chi connectivity index (χ1v) is 9.04. The highest BCUT2D eigenvalue weighted by Gasteiger charge is 2.29. The minimum absolute atomic E-state index is 0.144. The zero-order valence-corrected chi connectivity index (χ0v) is 15.5. The van der Waals surface area contributed by atoms with Gasteiger partial charge in [0.1, 0.15) is 10.8 Å². The van der Waals surface area contributed by atoms with Crippen molar-refractivity contribution in [2.75, 3.05) is 19.7 Å². The number of amides is 1. The molecule has 150 valence electrons. The summed E-state index contributed by atoms with van der Waals surface area (Å²) in [6, 6.07) is 8.31. The Morgan fingerprint density at radius 1 is 1.25 bits per heavy atom. The van der Waals surface area contributed by atoms with Gasteiger partial charge in [-0.15, -0.1) is 0 Å². The van der Waals surface area contributed by atoms with E-state index in [2.05, 4.69) is 9.72 Å². The van der Waals surface area contributed by atoms with E-state index < -0.39 is 12.8 Å². The maximum Gasteiger partial charge on any atom is 0.422 e. The van der Waals surface area contributed by atoms with Crippen LogP contribution in [0.25, 0.3) is 0 Å². The summed E-state index contributed by atoms with van der Waals surface area (Å²) in [6.45, 7) is -0.430. The van der Waals surface area contributed by atoms with E-state index in [1.165, 1.54) is 12.3 Å². The maximum atomic E-state index is 12.6.